The molecule has 1 aromatic heterocycles. The van der Waals surface area contributed by atoms with Crippen LogP contribution >= 0.6 is 0 Å². The lowest BCUT2D eigenvalue weighted by atomic mass is 10.1. The molecular weight excluding hydrogens is 426 g/mol. The Bertz CT molecular complexity index is 1330. The third kappa shape index (κ3) is 4.41. The first-order valence-electron chi connectivity index (χ1n) is 11.7. The van der Waals surface area contributed by atoms with Crippen LogP contribution in [0.1, 0.15) is 29.3 Å². The van der Waals surface area contributed by atoms with Gasteiger partial charge < -0.3 is 19.3 Å². The van der Waals surface area contributed by atoms with Crippen molar-refractivity contribution in [3.05, 3.63) is 89.7 Å². The zero-order chi connectivity index (χ0) is 23.7. The molecule has 6 nitrogen and oxygen atoms in total. The van der Waals surface area contributed by atoms with E-state index in [0.29, 0.717) is 19.5 Å². The van der Waals surface area contributed by atoms with Crippen LogP contribution in [0.3, 0.4) is 0 Å². The molecule has 0 radical (unpaired) electrons. The second kappa shape index (κ2) is 9.31. The van der Waals surface area contributed by atoms with E-state index in [1.165, 1.54) is 0 Å². The summed E-state index contributed by atoms with van der Waals surface area (Å²) in [5, 5.41) is 10.8. The Morgan fingerprint density at radius 3 is 2.68 bits per heavy atom. The van der Waals surface area contributed by atoms with Gasteiger partial charge in [-0.15, -0.1) is 0 Å². The second-order valence-electron chi connectivity index (χ2n) is 9.04. The molecule has 1 N–H and O–H groups in total. The van der Waals surface area contributed by atoms with E-state index < -0.39 is 6.10 Å². The Morgan fingerprint density at radius 1 is 1.06 bits per heavy atom. The van der Waals surface area contributed by atoms with Gasteiger partial charge in [0.15, 0.2) is 0 Å². The van der Waals surface area contributed by atoms with Crippen LogP contribution in [-0.4, -0.2) is 39.8 Å². The van der Waals surface area contributed by atoms with Crippen LogP contribution in [0.25, 0.3) is 11.0 Å². The Morgan fingerprint density at radius 2 is 1.85 bits per heavy atom. The summed E-state index contributed by atoms with van der Waals surface area (Å²) in [6.07, 6.45) is -0.325. The van der Waals surface area contributed by atoms with Gasteiger partial charge in [-0.2, -0.15) is 0 Å². The van der Waals surface area contributed by atoms with E-state index in [9.17, 15) is 9.90 Å². The average molecular weight is 456 g/mol. The largest absolute Gasteiger partial charge is 0.491 e. The van der Waals surface area contributed by atoms with Gasteiger partial charge in [0.2, 0.25) is 5.91 Å². The number of carbonyl (C=O) groups is 1. The molecule has 2 heterocycles. The summed E-state index contributed by atoms with van der Waals surface area (Å²) in [6.45, 7) is 5.13. The highest BCUT2D eigenvalue weighted by Gasteiger charge is 2.35. The predicted octanol–water partition coefficient (Wildman–Crippen LogP) is 4.61. The van der Waals surface area contributed by atoms with E-state index >= 15 is 0 Å². The third-order valence-electron chi connectivity index (χ3n) is 6.41. The quantitative estimate of drug-likeness (QED) is 0.442. The first kappa shape index (κ1) is 22.2. The number of nitrogens with zero attached hydrogens (tertiary/aromatic N) is 3. The van der Waals surface area contributed by atoms with Crippen LogP contribution in [0.2, 0.25) is 0 Å². The number of fused-ring (bicyclic) bond motifs is 1. The van der Waals surface area contributed by atoms with Crippen LogP contribution in [0.5, 0.6) is 5.75 Å². The molecule has 0 saturated carbocycles. The van der Waals surface area contributed by atoms with Gasteiger partial charge in [-0.1, -0.05) is 42.5 Å². The van der Waals surface area contributed by atoms with E-state index in [1.807, 2.05) is 91.5 Å². The van der Waals surface area contributed by atoms with Crippen molar-refractivity contribution in [2.45, 2.75) is 38.8 Å². The number of carbonyl (C=O) groups excluding carboxylic acids is 1. The minimum atomic E-state index is -0.721. The Balaban J connectivity index is 1.39. The zero-order valence-corrected chi connectivity index (χ0v) is 19.5. The van der Waals surface area contributed by atoms with Gasteiger partial charge in [0, 0.05) is 24.6 Å². The van der Waals surface area contributed by atoms with Gasteiger partial charge >= 0.3 is 0 Å². The van der Waals surface area contributed by atoms with Crippen molar-refractivity contribution in [1.29, 1.82) is 0 Å². The van der Waals surface area contributed by atoms with Gasteiger partial charge in [0.25, 0.3) is 0 Å². The number of ether oxygens (including phenoxy) is 1. The molecule has 4 aromatic rings. The molecule has 2 unspecified atom stereocenters. The molecule has 1 fully saturated rings. The number of anilines is 1. The molecule has 1 aliphatic heterocycles. The number of benzene rings is 3. The van der Waals surface area contributed by atoms with Gasteiger partial charge in [-0.3, -0.25) is 4.79 Å². The first-order chi connectivity index (χ1) is 16.5. The van der Waals surface area contributed by atoms with E-state index in [1.54, 1.807) is 0 Å². The average Bonchev–Trinajstić information content (AvgIpc) is 3.39. The highest BCUT2D eigenvalue weighted by Crippen LogP contribution is 2.34. The van der Waals surface area contributed by atoms with E-state index in [0.717, 1.165) is 39.4 Å². The van der Waals surface area contributed by atoms with E-state index in [2.05, 4.69) is 4.57 Å². The lowest BCUT2D eigenvalue weighted by Gasteiger charge is -2.20. The minimum absolute atomic E-state index is 0.0515. The molecule has 0 aliphatic carbocycles. The van der Waals surface area contributed by atoms with Crippen molar-refractivity contribution in [2.75, 3.05) is 18.1 Å². The number of para-hydroxylation sites is 3. The van der Waals surface area contributed by atoms with Crippen molar-refractivity contribution in [3.63, 3.8) is 0 Å². The highest BCUT2D eigenvalue weighted by molar-refractivity contribution is 5.97. The van der Waals surface area contributed by atoms with Crippen LogP contribution in [-0.2, 0) is 11.3 Å². The Hall–Kier alpha value is -3.64. The molecule has 3 aromatic carbocycles. The smallest absolute Gasteiger partial charge is 0.227 e. The summed E-state index contributed by atoms with van der Waals surface area (Å²) in [7, 11) is 0. The van der Waals surface area contributed by atoms with Crippen LogP contribution in [0.15, 0.2) is 72.8 Å². The number of rotatable bonds is 7. The number of imidazole rings is 1. The molecule has 1 amide bonds. The van der Waals surface area contributed by atoms with Crippen LogP contribution < -0.4 is 9.64 Å². The van der Waals surface area contributed by atoms with Crippen molar-refractivity contribution in [2.24, 2.45) is 0 Å². The normalized spacial score (nSPS) is 16.9. The molecule has 34 heavy (non-hydrogen) atoms. The molecule has 2 atom stereocenters. The van der Waals surface area contributed by atoms with Gasteiger partial charge in [0.1, 0.15) is 24.3 Å². The molecule has 5 rings (SSSR count). The molecule has 1 aliphatic rings. The van der Waals surface area contributed by atoms with Crippen molar-refractivity contribution < 1.29 is 14.6 Å². The monoisotopic (exact) mass is 455 g/mol. The van der Waals surface area contributed by atoms with E-state index in [-0.39, 0.29) is 18.4 Å². The molecular formula is C28H29N3O3. The lowest BCUT2D eigenvalue weighted by molar-refractivity contribution is -0.117. The molecule has 1 saturated heterocycles. The van der Waals surface area contributed by atoms with Crippen molar-refractivity contribution in [3.8, 4) is 5.75 Å². The van der Waals surface area contributed by atoms with Gasteiger partial charge in [-0.05, 0) is 55.3 Å². The maximum absolute atomic E-state index is 13.0. The Labute approximate surface area is 199 Å². The number of aromatic nitrogens is 2. The summed E-state index contributed by atoms with van der Waals surface area (Å²) in [5.41, 5.74) is 4.96. The van der Waals surface area contributed by atoms with Crippen molar-refractivity contribution >= 4 is 22.6 Å². The summed E-state index contributed by atoms with van der Waals surface area (Å²) >= 11 is 0. The second-order valence-corrected chi connectivity index (χ2v) is 9.04. The maximum Gasteiger partial charge on any atom is 0.227 e. The summed E-state index contributed by atoms with van der Waals surface area (Å²) in [4.78, 5) is 19.7. The molecule has 174 valence electrons. The summed E-state index contributed by atoms with van der Waals surface area (Å²) < 4.78 is 7.89. The molecule has 0 bridgehead atoms. The first-order valence-corrected chi connectivity index (χ1v) is 11.7. The number of aryl methyl sites for hydroxylation is 2. The fraction of sp³-hybridized carbons (Fsp3) is 0.286. The van der Waals surface area contributed by atoms with Crippen molar-refractivity contribution in [1.82, 2.24) is 9.55 Å². The van der Waals surface area contributed by atoms with Gasteiger partial charge in [-0.25, -0.2) is 4.98 Å². The number of aliphatic hydroxyl groups excluding tert-OH is 1. The topological polar surface area (TPSA) is 67.6 Å². The number of amides is 1. The maximum atomic E-state index is 13.0. The van der Waals surface area contributed by atoms with Gasteiger partial charge in [0.05, 0.1) is 17.6 Å². The standard InChI is InChI=1S/C28H29N3O3/c1-19-8-7-10-23(14-19)34-18-22(32)17-31-26-13-6-4-11-24(26)29-28(31)21-15-27(33)30(16-21)25-12-5-3-9-20(25)2/h3-14,21-22,32H,15-18H2,1-2H3. The van der Waals surface area contributed by atoms with E-state index in [4.69, 9.17) is 9.72 Å². The highest BCUT2D eigenvalue weighted by atomic mass is 16.5. The minimum Gasteiger partial charge on any atom is -0.491 e. The Kier molecular flexibility index (Phi) is 6.07. The molecule has 6 heteroatoms. The molecule has 0 spiro atoms. The number of hydrogen-bond donors (Lipinski definition) is 1. The zero-order valence-electron chi connectivity index (χ0n) is 19.5. The number of hydrogen-bond acceptors (Lipinski definition) is 4. The summed E-state index contributed by atoms with van der Waals surface area (Å²) in [6, 6.07) is 23.7. The van der Waals surface area contributed by atoms with Crippen LogP contribution in [0, 0.1) is 13.8 Å². The predicted molar refractivity (Wildman–Crippen MR) is 133 cm³/mol. The number of aliphatic hydroxyl groups is 1. The lowest BCUT2D eigenvalue weighted by Crippen LogP contribution is -2.27. The fourth-order valence-corrected chi connectivity index (χ4v) is 4.74. The summed E-state index contributed by atoms with van der Waals surface area (Å²) in [5.74, 6) is 1.62. The third-order valence-corrected chi connectivity index (χ3v) is 6.41. The van der Waals surface area contributed by atoms with Crippen LogP contribution in [0.4, 0.5) is 5.69 Å². The SMILES string of the molecule is Cc1cccc(OCC(O)Cn2c(C3CC(=O)N(c4ccccc4C)C3)nc3ccccc32)c1. The fourth-order valence-electron chi connectivity index (χ4n) is 4.74.